The van der Waals surface area contributed by atoms with Crippen LogP contribution in [0.5, 0.6) is 5.75 Å². The first-order chi connectivity index (χ1) is 11.1. The molecule has 1 aromatic carbocycles. The molecule has 2 heterocycles. The molecule has 120 valence electrons. The van der Waals surface area contributed by atoms with E-state index in [0.717, 1.165) is 0 Å². The minimum Gasteiger partial charge on any atom is -0.482 e. The number of benzene rings is 1. The zero-order valence-electron chi connectivity index (χ0n) is 12.8. The van der Waals surface area contributed by atoms with Crippen LogP contribution in [-0.2, 0) is 16.1 Å². The van der Waals surface area contributed by atoms with Crippen molar-refractivity contribution >= 4 is 17.5 Å². The fraction of sp³-hybridized carbons (Fsp3) is 0.312. The second kappa shape index (κ2) is 6.51. The summed E-state index contributed by atoms with van der Waals surface area (Å²) in [6.45, 7) is 2.40. The quantitative estimate of drug-likeness (QED) is 0.886. The van der Waals surface area contributed by atoms with Crippen LogP contribution >= 0.6 is 0 Å². The summed E-state index contributed by atoms with van der Waals surface area (Å²) in [5.41, 5.74) is 0.624. The van der Waals surface area contributed by atoms with Gasteiger partial charge in [0.2, 0.25) is 5.91 Å². The number of carbonyl (C=O) groups excluding carboxylic acids is 2. The zero-order chi connectivity index (χ0) is 16.2. The predicted molar refractivity (Wildman–Crippen MR) is 84.1 cm³/mol. The number of ether oxygens (including phenoxy) is 1. The lowest BCUT2D eigenvalue weighted by Crippen LogP contribution is -2.47. The molecule has 2 amide bonds. The van der Waals surface area contributed by atoms with Gasteiger partial charge in [-0.1, -0.05) is 12.1 Å². The van der Waals surface area contributed by atoms with Gasteiger partial charge in [0.1, 0.15) is 12.3 Å². The molecule has 1 N–H and O–H groups in total. The lowest BCUT2D eigenvalue weighted by Gasteiger charge is -2.29. The van der Waals surface area contributed by atoms with Gasteiger partial charge in [0.25, 0.3) is 5.91 Å². The third kappa shape index (κ3) is 3.50. The number of nitrogens with zero attached hydrogens (tertiary/aromatic N) is 3. The minimum atomic E-state index is -0.224. The van der Waals surface area contributed by atoms with Crippen molar-refractivity contribution in [3.05, 3.63) is 42.7 Å². The van der Waals surface area contributed by atoms with Crippen LogP contribution in [-0.4, -0.2) is 40.8 Å². The average molecular weight is 314 g/mol. The maximum absolute atomic E-state index is 12.2. The Hall–Kier alpha value is -2.83. The first-order valence-electron chi connectivity index (χ1n) is 7.42. The van der Waals surface area contributed by atoms with E-state index in [1.807, 2.05) is 31.3 Å². The highest BCUT2D eigenvalue weighted by Gasteiger charge is 2.27. The van der Waals surface area contributed by atoms with Crippen molar-refractivity contribution in [2.24, 2.45) is 0 Å². The number of anilines is 1. The van der Waals surface area contributed by atoms with Crippen LogP contribution in [0.3, 0.4) is 0 Å². The molecule has 1 aliphatic heterocycles. The topological polar surface area (TPSA) is 76.5 Å². The molecule has 3 rings (SSSR count). The second-order valence-electron chi connectivity index (χ2n) is 5.43. The molecule has 7 heteroatoms. The number of aromatic nitrogens is 2. The van der Waals surface area contributed by atoms with E-state index in [2.05, 4.69) is 10.4 Å². The first kappa shape index (κ1) is 15.1. The molecule has 2 aromatic rings. The Bertz CT molecular complexity index is 699. The highest BCUT2D eigenvalue weighted by molar-refractivity contribution is 6.02. The molecule has 0 bridgehead atoms. The molecule has 0 radical (unpaired) electrons. The van der Waals surface area contributed by atoms with E-state index in [1.165, 1.54) is 4.90 Å². The Labute approximate surface area is 133 Å². The van der Waals surface area contributed by atoms with E-state index in [1.54, 1.807) is 23.0 Å². The SMILES string of the molecule is CC(Cn1cccn1)NC(=O)CN1C(=O)COc2ccccc21. The smallest absolute Gasteiger partial charge is 0.265 e. The van der Waals surface area contributed by atoms with Crippen LogP contribution in [0.15, 0.2) is 42.7 Å². The summed E-state index contributed by atoms with van der Waals surface area (Å²) in [5, 5.41) is 6.99. The van der Waals surface area contributed by atoms with Crippen LogP contribution in [0.4, 0.5) is 5.69 Å². The highest BCUT2D eigenvalue weighted by atomic mass is 16.5. The molecule has 1 atom stereocenters. The zero-order valence-corrected chi connectivity index (χ0v) is 12.8. The van der Waals surface area contributed by atoms with E-state index in [9.17, 15) is 9.59 Å². The second-order valence-corrected chi connectivity index (χ2v) is 5.43. The number of hydrogen-bond donors (Lipinski definition) is 1. The van der Waals surface area contributed by atoms with E-state index in [4.69, 9.17) is 4.74 Å². The third-order valence-corrected chi connectivity index (χ3v) is 3.54. The number of amides is 2. The van der Waals surface area contributed by atoms with Crippen molar-refractivity contribution in [1.82, 2.24) is 15.1 Å². The largest absolute Gasteiger partial charge is 0.482 e. The molecule has 23 heavy (non-hydrogen) atoms. The van der Waals surface area contributed by atoms with Crippen molar-refractivity contribution in [1.29, 1.82) is 0 Å². The highest BCUT2D eigenvalue weighted by Crippen LogP contribution is 2.31. The number of nitrogens with one attached hydrogen (secondary N) is 1. The molecule has 1 aromatic heterocycles. The van der Waals surface area contributed by atoms with Crippen LogP contribution in [0.2, 0.25) is 0 Å². The van der Waals surface area contributed by atoms with E-state index >= 15 is 0 Å². The summed E-state index contributed by atoms with van der Waals surface area (Å²) in [4.78, 5) is 25.7. The van der Waals surface area contributed by atoms with Gasteiger partial charge >= 0.3 is 0 Å². The normalized spacial score (nSPS) is 14.8. The molecule has 7 nitrogen and oxygen atoms in total. The maximum Gasteiger partial charge on any atom is 0.265 e. The van der Waals surface area contributed by atoms with Crippen molar-refractivity contribution < 1.29 is 14.3 Å². The lowest BCUT2D eigenvalue weighted by atomic mass is 10.2. The Morgan fingerprint density at radius 2 is 2.22 bits per heavy atom. The Morgan fingerprint density at radius 3 is 3.00 bits per heavy atom. The van der Waals surface area contributed by atoms with Crippen molar-refractivity contribution in [2.75, 3.05) is 18.1 Å². The van der Waals surface area contributed by atoms with Crippen molar-refractivity contribution in [3.8, 4) is 5.75 Å². The number of para-hydroxylation sites is 2. The summed E-state index contributed by atoms with van der Waals surface area (Å²) >= 11 is 0. The standard InChI is InChI=1S/C16H18N4O3/c1-12(9-19-8-4-7-17-19)18-15(21)10-20-13-5-2-3-6-14(13)23-11-16(20)22/h2-8,12H,9-11H2,1H3,(H,18,21). The average Bonchev–Trinajstić information content (AvgIpc) is 3.03. The van der Waals surface area contributed by atoms with E-state index in [-0.39, 0.29) is 31.0 Å². The van der Waals surface area contributed by atoms with Gasteiger partial charge in [0.15, 0.2) is 6.61 Å². The van der Waals surface area contributed by atoms with E-state index < -0.39 is 0 Å². The third-order valence-electron chi connectivity index (χ3n) is 3.54. The molecule has 1 aliphatic rings. The van der Waals surface area contributed by atoms with Gasteiger partial charge in [-0.05, 0) is 25.1 Å². The van der Waals surface area contributed by atoms with Gasteiger partial charge in [-0.25, -0.2) is 0 Å². The summed E-state index contributed by atoms with van der Waals surface area (Å²) in [5.74, 6) is 0.178. The lowest BCUT2D eigenvalue weighted by molar-refractivity contribution is -0.125. The van der Waals surface area contributed by atoms with Gasteiger partial charge < -0.3 is 10.1 Å². The number of hydrogen-bond acceptors (Lipinski definition) is 4. The molecule has 0 spiro atoms. The number of fused-ring (bicyclic) bond motifs is 1. The molecule has 0 saturated carbocycles. The van der Waals surface area contributed by atoms with Crippen LogP contribution in [0.1, 0.15) is 6.92 Å². The summed E-state index contributed by atoms with van der Waals surface area (Å²) in [6.07, 6.45) is 3.53. The van der Waals surface area contributed by atoms with Gasteiger partial charge in [0, 0.05) is 18.4 Å². The van der Waals surface area contributed by atoms with Gasteiger partial charge in [-0.2, -0.15) is 5.10 Å². The summed E-state index contributed by atoms with van der Waals surface area (Å²) in [7, 11) is 0. The van der Waals surface area contributed by atoms with Gasteiger partial charge in [0.05, 0.1) is 12.2 Å². The molecule has 0 fully saturated rings. The van der Waals surface area contributed by atoms with Crippen molar-refractivity contribution in [3.63, 3.8) is 0 Å². The molecule has 1 unspecified atom stereocenters. The Morgan fingerprint density at radius 1 is 1.39 bits per heavy atom. The summed E-state index contributed by atoms with van der Waals surface area (Å²) in [6, 6.07) is 8.94. The number of carbonyl (C=O) groups is 2. The van der Waals surface area contributed by atoms with Crippen LogP contribution < -0.4 is 15.0 Å². The summed E-state index contributed by atoms with van der Waals surface area (Å²) < 4.78 is 7.11. The van der Waals surface area contributed by atoms with Crippen molar-refractivity contribution in [2.45, 2.75) is 19.5 Å². The van der Waals surface area contributed by atoms with Gasteiger partial charge in [-0.15, -0.1) is 0 Å². The Balaban J connectivity index is 1.62. The van der Waals surface area contributed by atoms with E-state index in [0.29, 0.717) is 18.0 Å². The van der Waals surface area contributed by atoms with Crippen LogP contribution in [0.25, 0.3) is 0 Å². The fourth-order valence-electron chi connectivity index (χ4n) is 2.53. The molecular formula is C16H18N4O3. The monoisotopic (exact) mass is 314 g/mol. The molecule has 0 saturated heterocycles. The van der Waals surface area contributed by atoms with Crippen LogP contribution in [0, 0.1) is 0 Å². The van der Waals surface area contributed by atoms with Gasteiger partial charge in [-0.3, -0.25) is 19.2 Å². The predicted octanol–water partition coefficient (Wildman–Crippen LogP) is 0.813. The first-order valence-corrected chi connectivity index (χ1v) is 7.42. The minimum absolute atomic E-state index is 0.0251. The fourth-order valence-corrected chi connectivity index (χ4v) is 2.53. The maximum atomic E-state index is 12.2. The molecular weight excluding hydrogens is 296 g/mol. The number of rotatable bonds is 5. The Kier molecular flexibility index (Phi) is 4.27. The molecule has 0 aliphatic carbocycles.